The lowest BCUT2D eigenvalue weighted by Crippen LogP contribution is -2.45. The standard InChI is InChI=1S/C21H21ClN4O4/c1-13(20(27)23-16-4-2-3-5-18(16)26(28)29)25-10-8-14(9-11-25)21-24-17-12-15(22)6-7-19(17)30-21/h2-7,12-14H,8-11H2,1H3,(H,23,27). The second kappa shape index (κ2) is 8.41. The summed E-state index contributed by atoms with van der Waals surface area (Å²) in [6, 6.07) is 11.1. The number of carbonyl (C=O) groups excluding carboxylic acids is 1. The first kappa shape index (κ1) is 20.3. The van der Waals surface area contributed by atoms with Crippen LogP contribution < -0.4 is 5.32 Å². The van der Waals surface area contributed by atoms with E-state index in [1.54, 1.807) is 24.3 Å². The van der Waals surface area contributed by atoms with Gasteiger partial charge in [-0.1, -0.05) is 23.7 Å². The highest BCUT2D eigenvalue weighted by Crippen LogP contribution is 2.31. The molecule has 1 aromatic heterocycles. The van der Waals surface area contributed by atoms with Crippen LogP contribution in [0.2, 0.25) is 5.02 Å². The van der Waals surface area contributed by atoms with Gasteiger partial charge in [-0.15, -0.1) is 0 Å². The SMILES string of the molecule is CC(C(=O)Nc1ccccc1[N+](=O)[O-])N1CCC(c2nc3cc(Cl)ccc3o2)CC1. The van der Waals surface area contributed by atoms with Crippen molar-refractivity contribution in [2.24, 2.45) is 0 Å². The second-order valence-corrected chi connectivity index (χ2v) is 7.85. The Labute approximate surface area is 178 Å². The van der Waals surface area contributed by atoms with Gasteiger partial charge in [-0.05, 0) is 57.1 Å². The topological polar surface area (TPSA) is 102 Å². The number of oxazole rings is 1. The van der Waals surface area contributed by atoms with Crippen molar-refractivity contribution in [1.82, 2.24) is 9.88 Å². The molecule has 1 N–H and O–H groups in total. The maximum Gasteiger partial charge on any atom is 0.292 e. The molecule has 1 amide bonds. The molecule has 0 saturated carbocycles. The highest BCUT2D eigenvalue weighted by Gasteiger charge is 2.30. The smallest absolute Gasteiger partial charge is 0.292 e. The molecule has 30 heavy (non-hydrogen) atoms. The summed E-state index contributed by atoms with van der Waals surface area (Å²) >= 11 is 6.02. The number of nitrogens with one attached hydrogen (secondary N) is 1. The molecule has 4 rings (SSSR count). The van der Waals surface area contributed by atoms with Crippen LogP contribution in [0.25, 0.3) is 11.1 Å². The summed E-state index contributed by atoms with van der Waals surface area (Å²) in [7, 11) is 0. The average molecular weight is 429 g/mol. The van der Waals surface area contributed by atoms with E-state index in [9.17, 15) is 14.9 Å². The number of aromatic nitrogens is 1. The number of piperidine rings is 1. The molecule has 8 nitrogen and oxygen atoms in total. The summed E-state index contributed by atoms with van der Waals surface area (Å²) in [6.07, 6.45) is 1.62. The normalized spacial score (nSPS) is 16.5. The van der Waals surface area contributed by atoms with Gasteiger partial charge in [-0.25, -0.2) is 4.98 Å². The highest BCUT2D eigenvalue weighted by atomic mass is 35.5. The fourth-order valence-corrected chi connectivity index (χ4v) is 3.93. The van der Waals surface area contributed by atoms with Gasteiger partial charge in [-0.2, -0.15) is 0 Å². The quantitative estimate of drug-likeness (QED) is 0.470. The van der Waals surface area contributed by atoms with Crippen LogP contribution in [0.4, 0.5) is 11.4 Å². The van der Waals surface area contributed by atoms with Gasteiger partial charge in [0.15, 0.2) is 11.5 Å². The maximum atomic E-state index is 12.7. The minimum Gasteiger partial charge on any atom is -0.440 e. The number of halogens is 1. The van der Waals surface area contributed by atoms with Gasteiger partial charge >= 0.3 is 0 Å². The predicted molar refractivity (Wildman–Crippen MR) is 114 cm³/mol. The molecule has 0 spiro atoms. The van der Waals surface area contributed by atoms with E-state index in [2.05, 4.69) is 15.2 Å². The number of nitro groups is 1. The van der Waals surface area contributed by atoms with E-state index in [4.69, 9.17) is 16.0 Å². The zero-order chi connectivity index (χ0) is 21.3. The fourth-order valence-electron chi connectivity index (χ4n) is 3.77. The van der Waals surface area contributed by atoms with Crippen LogP contribution in [0.5, 0.6) is 0 Å². The van der Waals surface area contributed by atoms with Gasteiger partial charge in [-0.3, -0.25) is 19.8 Å². The molecule has 9 heteroatoms. The summed E-state index contributed by atoms with van der Waals surface area (Å²) in [4.78, 5) is 30.0. The largest absolute Gasteiger partial charge is 0.440 e. The van der Waals surface area contributed by atoms with Crippen LogP contribution in [0.3, 0.4) is 0 Å². The number of benzene rings is 2. The average Bonchev–Trinajstić information content (AvgIpc) is 3.16. The zero-order valence-corrected chi connectivity index (χ0v) is 17.1. The molecule has 2 heterocycles. The Balaban J connectivity index is 1.38. The molecule has 1 aliphatic rings. The number of para-hydroxylation sites is 2. The van der Waals surface area contributed by atoms with Crippen molar-refractivity contribution in [3.8, 4) is 0 Å². The number of nitrogens with zero attached hydrogens (tertiary/aromatic N) is 3. The third kappa shape index (κ3) is 4.15. The molecule has 156 valence electrons. The lowest BCUT2D eigenvalue weighted by Gasteiger charge is -2.34. The van der Waals surface area contributed by atoms with Crippen LogP contribution in [0.15, 0.2) is 46.9 Å². The van der Waals surface area contributed by atoms with Crippen LogP contribution in [0.1, 0.15) is 31.6 Å². The Morgan fingerprint density at radius 3 is 2.77 bits per heavy atom. The fraction of sp³-hybridized carbons (Fsp3) is 0.333. The molecule has 1 fully saturated rings. The Hall–Kier alpha value is -2.97. The minimum atomic E-state index is -0.501. The van der Waals surface area contributed by atoms with Gasteiger partial charge < -0.3 is 9.73 Å². The van der Waals surface area contributed by atoms with Crippen LogP contribution in [-0.2, 0) is 4.79 Å². The predicted octanol–water partition coefficient (Wildman–Crippen LogP) is 4.60. The number of hydrogen-bond donors (Lipinski definition) is 1. The third-order valence-electron chi connectivity index (χ3n) is 5.53. The summed E-state index contributed by atoms with van der Waals surface area (Å²) in [5.74, 6) is 0.612. The monoisotopic (exact) mass is 428 g/mol. The summed E-state index contributed by atoms with van der Waals surface area (Å²) in [5.41, 5.74) is 1.55. The molecule has 0 aliphatic carbocycles. The van der Waals surface area contributed by atoms with Crippen molar-refractivity contribution >= 4 is 40.0 Å². The first-order chi connectivity index (χ1) is 14.4. The molecule has 0 radical (unpaired) electrons. The molecule has 1 atom stereocenters. The molecular weight excluding hydrogens is 408 g/mol. The molecule has 1 saturated heterocycles. The number of amides is 1. The second-order valence-electron chi connectivity index (χ2n) is 7.41. The molecule has 3 aromatic rings. The number of likely N-dealkylation sites (tertiary alicyclic amines) is 1. The van der Waals surface area contributed by atoms with E-state index in [0.717, 1.165) is 18.4 Å². The van der Waals surface area contributed by atoms with Crippen LogP contribution in [0, 0.1) is 10.1 Å². The minimum absolute atomic E-state index is 0.118. The first-order valence-corrected chi connectivity index (χ1v) is 10.1. The van der Waals surface area contributed by atoms with Crippen molar-refractivity contribution in [2.45, 2.75) is 31.7 Å². The molecule has 0 bridgehead atoms. The van der Waals surface area contributed by atoms with Crippen molar-refractivity contribution in [1.29, 1.82) is 0 Å². The summed E-state index contributed by atoms with van der Waals surface area (Å²) < 4.78 is 5.89. The lowest BCUT2D eigenvalue weighted by molar-refractivity contribution is -0.383. The Morgan fingerprint density at radius 2 is 2.03 bits per heavy atom. The molecule has 1 unspecified atom stereocenters. The maximum absolute atomic E-state index is 12.7. The van der Waals surface area contributed by atoms with Crippen molar-refractivity contribution in [3.05, 3.63) is 63.5 Å². The number of rotatable bonds is 5. The lowest BCUT2D eigenvalue weighted by atomic mass is 9.95. The number of nitro benzene ring substituents is 1. The van der Waals surface area contributed by atoms with E-state index in [0.29, 0.717) is 29.6 Å². The third-order valence-corrected chi connectivity index (χ3v) is 5.77. The van der Waals surface area contributed by atoms with E-state index < -0.39 is 11.0 Å². The van der Waals surface area contributed by atoms with Gasteiger partial charge in [0, 0.05) is 17.0 Å². The Morgan fingerprint density at radius 1 is 1.30 bits per heavy atom. The summed E-state index contributed by atoms with van der Waals surface area (Å²) in [6.45, 7) is 3.22. The number of carbonyl (C=O) groups is 1. The van der Waals surface area contributed by atoms with Gasteiger partial charge in [0.2, 0.25) is 5.91 Å². The van der Waals surface area contributed by atoms with Crippen LogP contribution >= 0.6 is 11.6 Å². The van der Waals surface area contributed by atoms with Gasteiger partial charge in [0.05, 0.1) is 11.0 Å². The number of fused-ring (bicyclic) bond motifs is 1. The van der Waals surface area contributed by atoms with Gasteiger partial charge in [0.25, 0.3) is 5.69 Å². The number of anilines is 1. The number of hydrogen-bond acceptors (Lipinski definition) is 6. The van der Waals surface area contributed by atoms with E-state index in [1.165, 1.54) is 12.1 Å². The van der Waals surface area contributed by atoms with Crippen molar-refractivity contribution in [3.63, 3.8) is 0 Å². The Bertz CT molecular complexity index is 1090. The van der Waals surface area contributed by atoms with E-state index in [1.807, 2.05) is 13.0 Å². The zero-order valence-electron chi connectivity index (χ0n) is 16.4. The van der Waals surface area contributed by atoms with Gasteiger partial charge in [0.1, 0.15) is 11.2 Å². The molecular formula is C21H21ClN4O4. The molecule has 1 aliphatic heterocycles. The Kier molecular flexibility index (Phi) is 5.69. The first-order valence-electron chi connectivity index (χ1n) is 9.76. The van der Waals surface area contributed by atoms with E-state index >= 15 is 0 Å². The van der Waals surface area contributed by atoms with Crippen LogP contribution in [-0.4, -0.2) is 39.8 Å². The van der Waals surface area contributed by atoms with Crippen molar-refractivity contribution in [2.75, 3.05) is 18.4 Å². The summed E-state index contributed by atoms with van der Waals surface area (Å²) in [5, 5.41) is 14.5. The highest BCUT2D eigenvalue weighted by molar-refractivity contribution is 6.31. The molecule has 2 aromatic carbocycles. The van der Waals surface area contributed by atoms with E-state index in [-0.39, 0.29) is 23.2 Å². The van der Waals surface area contributed by atoms with Crippen molar-refractivity contribution < 1.29 is 14.1 Å².